The smallest absolute Gasteiger partial charge is 0.00175 e. The Hall–Kier alpha value is -6.24. The van der Waals surface area contributed by atoms with Crippen molar-refractivity contribution in [3.63, 3.8) is 0 Å². The molecule has 0 radical (unpaired) electrons. The van der Waals surface area contributed by atoms with Gasteiger partial charge in [0.25, 0.3) is 0 Å². The van der Waals surface area contributed by atoms with Crippen molar-refractivity contribution in [2.24, 2.45) is 0 Å². The molecule has 6 bridgehead atoms. The van der Waals surface area contributed by atoms with E-state index in [1.54, 1.807) is 0 Å². The molecule has 0 heterocycles. The van der Waals surface area contributed by atoms with E-state index < -0.39 is 0 Å². The van der Waals surface area contributed by atoms with E-state index in [9.17, 15) is 0 Å². The lowest BCUT2D eigenvalue weighted by Crippen LogP contribution is -1.96. The summed E-state index contributed by atoms with van der Waals surface area (Å²) in [6.45, 7) is 8.94. The van der Waals surface area contributed by atoms with Crippen LogP contribution in [0, 0.1) is 27.7 Å². The van der Waals surface area contributed by atoms with Crippen LogP contribution in [0.3, 0.4) is 0 Å². The maximum absolute atomic E-state index is 2.47. The van der Waals surface area contributed by atoms with Crippen LogP contribution in [0.4, 0.5) is 0 Å². The first-order valence-corrected chi connectivity index (χ1v) is 18.3. The minimum Gasteiger partial charge on any atom is -0.0616 e. The molecule has 0 saturated heterocycles. The Bertz CT molecular complexity index is 2940. The highest BCUT2D eigenvalue weighted by molar-refractivity contribution is 6.27. The van der Waals surface area contributed by atoms with Crippen molar-refractivity contribution in [3.8, 4) is 22.3 Å². The van der Waals surface area contributed by atoms with Crippen molar-refractivity contribution in [2.45, 2.75) is 27.7 Å². The molecule has 246 valence electrons. The van der Waals surface area contributed by atoms with Crippen molar-refractivity contribution < 1.29 is 0 Å². The van der Waals surface area contributed by atoms with E-state index in [-0.39, 0.29) is 0 Å². The summed E-state index contributed by atoms with van der Waals surface area (Å²) in [6.07, 6.45) is 0. The van der Waals surface area contributed by atoms with E-state index in [4.69, 9.17) is 0 Å². The van der Waals surface area contributed by atoms with Gasteiger partial charge in [0.2, 0.25) is 0 Å². The van der Waals surface area contributed by atoms with Crippen LogP contribution in [-0.2, 0) is 0 Å². The number of rotatable bonds is 2. The van der Waals surface area contributed by atoms with E-state index >= 15 is 0 Å². The molecule has 11 rings (SSSR count). The van der Waals surface area contributed by atoms with Gasteiger partial charge in [0, 0.05) is 0 Å². The van der Waals surface area contributed by atoms with E-state index in [0.717, 1.165) is 0 Å². The van der Waals surface area contributed by atoms with Gasteiger partial charge in [0.1, 0.15) is 0 Å². The van der Waals surface area contributed by atoms with Crippen LogP contribution >= 0.6 is 0 Å². The maximum Gasteiger partial charge on any atom is -0.00175 e. The molecule has 0 amide bonds. The highest BCUT2D eigenvalue weighted by Gasteiger charge is 2.21. The van der Waals surface area contributed by atoms with E-state index in [1.807, 2.05) is 0 Å². The highest BCUT2D eigenvalue weighted by atomic mass is 14.2. The molecule has 11 aromatic carbocycles. The molecule has 0 aromatic heterocycles. The monoisotopic (exact) mass is 662 g/mol. The number of hydrogen-bond acceptors (Lipinski definition) is 0. The maximum atomic E-state index is 2.47. The predicted molar refractivity (Wildman–Crippen MR) is 228 cm³/mol. The van der Waals surface area contributed by atoms with Crippen LogP contribution in [0.2, 0.25) is 0 Å². The molecular formula is C52H38. The minimum atomic E-state index is 1.23. The number of hydrogen-bond donors (Lipinski definition) is 0. The Kier molecular flexibility index (Phi) is 6.85. The first kappa shape index (κ1) is 30.6. The Balaban J connectivity index is 1.53. The number of fused-ring (bicyclic) bond motifs is 1. The Morgan fingerprint density at radius 2 is 0.577 bits per heavy atom. The molecule has 0 heteroatoms. The molecule has 0 unspecified atom stereocenters. The SMILES string of the molecule is Cc1ccc(C)c(-c2c(-c3cc(C)ccc3C)c3ccc4cc3c3cc(ccc23)c2ccccc2c2ccc(c3ccccc43)c3ccccc23)c1. The summed E-state index contributed by atoms with van der Waals surface area (Å²) < 4.78 is 0. The lowest BCUT2D eigenvalue weighted by molar-refractivity contribution is 1.38. The lowest BCUT2D eigenvalue weighted by atomic mass is 9.81. The third-order valence-electron chi connectivity index (χ3n) is 11.4. The van der Waals surface area contributed by atoms with Crippen molar-refractivity contribution in [1.29, 1.82) is 0 Å². The fraction of sp³-hybridized carbons (Fsp3) is 0.0769. The van der Waals surface area contributed by atoms with Crippen LogP contribution in [0.25, 0.3) is 97.7 Å². The quantitative estimate of drug-likeness (QED) is 0.162. The van der Waals surface area contributed by atoms with Crippen LogP contribution in [-0.4, -0.2) is 0 Å². The zero-order chi connectivity index (χ0) is 35.1. The van der Waals surface area contributed by atoms with Crippen molar-refractivity contribution in [1.82, 2.24) is 0 Å². The van der Waals surface area contributed by atoms with Gasteiger partial charge in [-0.15, -0.1) is 0 Å². The third kappa shape index (κ3) is 4.61. The molecular weight excluding hydrogens is 625 g/mol. The predicted octanol–water partition coefficient (Wildman–Crippen LogP) is 14.9. The molecule has 0 fully saturated rings. The summed E-state index contributed by atoms with van der Waals surface area (Å²) >= 11 is 0. The average Bonchev–Trinajstić information content (AvgIpc) is 3.18. The molecule has 0 saturated carbocycles. The van der Waals surface area contributed by atoms with Gasteiger partial charge in [-0.25, -0.2) is 0 Å². The van der Waals surface area contributed by atoms with Crippen LogP contribution in [0.1, 0.15) is 22.3 Å². The Labute approximate surface area is 304 Å². The molecule has 0 spiro atoms. The zero-order valence-corrected chi connectivity index (χ0v) is 30.0. The molecule has 0 nitrogen and oxygen atoms in total. The Morgan fingerprint density at radius 1 is 0.250 bits per heavy atom. The highest BCUT2D eigenvalue weighted by Crippen LogP contribution is 2.48. The van der Waals surface area contributed by atoms with Gasteiger partial charge in [0.05, 0.1) is 0 Å². The fourth-order valence-corrected chi connectivity index (χ4v) is 8.85. The molecule has 0 aliphatic carbocycles. The second-order valence-corrected chi connectivity index (χ2v) is 14.7. The van der Waals surface area contributed by atoms with Crippen molar-refractivity contribution >= 4 is 75.4 Å². The minimum absolute atomic E-state index is 1.23. The number of benzene rings is 9. The summed E-state index contributed by atoms with van der Waals surface area (Å²) in [4.78, 5) is 0. The summed E-state index contributed by atoms with van der Waals surface area (Å²) in [7, 11) is 0. The first-order chi connectivity index (χ1) is 25.4. The van der Waals surface area contributed by atoms with Gasteiger partial charge in [-0.2, -0.15) is 0 Å². The summed E-state index contributed by atoms with van der Waals surface area (Å²) in [5.74, 6) is 0. The van der Waals surface area contributed by atoms with Gasteiger partial charge < -0.3 is 0 Å². The second kappa shape index (κ2) is 11.7. The van der Waals surface area contributed by atoms with Gasteiger partial charge in [-0.3, -0.25) is 0 Å². The van der Waals surface area contributed by atoms with E-state index in [1.165, 1.54) is 120 Å². The van der Waals surface area contributed by atoms with Crippen LogP contribution in [0.5, 0.6) is 0 Å². The van der Waals surface area contributed by atoms with Crippen molar-refractivity contribution in [2.75, 3.05) is 0 Å². The van der Waals surface area contributed by atoms with Gasteiger partial charge in [-0.05, 0) is 149 Å². The lowest BCUT2D eigenvalue weighted by Gasteiger charge is -2.22. The molecule has 52 heavy (non-hydrogen) atoms. The summed E-state index contributed by atoms with van der Waals surface area (Å²) in [5.41, 5.74) is 10.3. The molecule has 0 N–H and O–H groups in total. The first-order valence-electron chi connectivity index (χ1n) is 18.3. The average molecular weight is 663 g/mol. The topological polar surface area (TPSA) is 0 Å². The van der Waals surface area contributed by atoms with Gasteiger partial charge in [0.15, 0.2) is 0 Å². The fourth-order valence-electron chi connectivity index (χ4n) is 8.85. The largest absolute Gasteiger partial charge is 0.0616 e. The normalized spacial score (nSPS) is 11.8. The van der Waals surface area contributed by atoms with Gasteiger partial charge in [-0.1, -0.05) is 157 Å². The second-order valence-electron chi connectivity index (χ2n) is 14.7. The molecule has 11 aromatic rings. The number of aryl methyl sites for hydroxylation is 4. The van der Waals surface area contributed by atoms with E-state index in [2.05, 4.69) is 185 Å². The summed E-state index contributed by atoms with van der Waals surface area (Å²) in [5, 5.41) is 17.6. The van der Waals surface area contributed by atoms with Crippen LogP contribution < -0.4 is 0 Å². The molecule has 0 aliphatic rings. The zero-order valence-electron chi connectivity index (χ0n) is 30.0. The standard InChI is InChI=1S/C52H38/c1-31-17-19-33(3)47(27-31)51-45-23-21-35-29-49(45)50-30-36(22-24-46(50)52(51)48-28-32(2)18-20-34(48)4)38-12-6-8-14-40(38)44-26-25-43(39-13-7-5-11-37(35)39)41-15-9-10-16-42(41)44/h5-30H,1-4H3. The van der Waals surface area contributed by atoms with E-state index in [0.29, 0.717) is 0 Å². The molecule has 0 atom stereocenters. The van der Waals surface area contributed by atoms with Gasteiger partial charge >= 0.3 is 0 Å². The molecule has 0 aliphatic heterocycles. The Morgan fingerprint density at radius 3 is 0.981 bits per heavy atom. The summed E-state index contributed by atoms with van der Waals surface area (Å²) in [6, 6.07) is 59.8. The van der Waals surface area contributed by atoms with Crippen LogP contribution in [0.15, 0.2) is 158 Å². The van der Waals surface area contributed by atoms with Crippen molar-refractivity contribution in [3.05, 3.63) is 180 Å². The third-order valence-corrected chi connectivity index (χ3v) is 11.4.